The number of carboxylic acids is 4. The summed E-state index contributed by atoms with van der Waals surface area (Å²) in [5.74, 6) is 0.434. The van der Waals surface area contributed by atoms with Crippen LogP contribution >= 0.6 is 0 Å². The van der Waals surface area contributed by atoms with Crippen molar-refractivity contribution >= 4 is 47.5 Å². The van der Waals surface area contributed by atoms with Crippen molar-refractivity contribution < 1.29 is 58.8 Å². The Morgan fingerprint density at radius 2 is 1.37 bits per heavy atom. The third kappa shape index (κ3) is 20.4. The predicted octanol–water partition coefficient (Wildman–Crippen LogP) is -1.43. The van der Waals surface area contributed by atoms with Gasteiger partial charge < -0.3 is 46.6 Å². The smallest absolute Gasteiger partial charge is 0.317 e. The molecular formula is C45H68N10O12. The summed E-state index contributed by atoms with van der Waals surface area (Å²) in [4.78, 5) is 112. The summed E-state index contributed by atoms with van der Waals surface area (Å²) in [5, 5.41) is 49.6. The van der Waals surface area contributed by atoms with Gasteiger partial charge in [-0.2, -0.15) is 0 Å². The van der Waals surface area contributed by atoms with E-state index in [9.17, 15) is 58.8 Å². The summed E-state index contributed by atoms with van der Waals surface area (Å²) >= 11 is 0. The van der Waals surface area contributed by atoms with Gasteiger partial charge in [-0.25, -0.2) is 0 Å². The van der Waals surface area contributed by atoms with E-state index in [0.717, 1.165) is 32.4 Å². The second-order valence-electron chi connectivity index (χ2n) is 17.4. The average Bonchev–Trinajstić information content (AvgIpc) is 3.29. The van der Waals surface area contributed by atoms with Crippen LogP contribution in [0.2, 0.25) is 0 Å². The summed E-state index contributed by atoms with van der Waals surface area (Å²) in [6, 6.07) is -0.00290. The lowest BCUT2D eigenvalue weighted by Gasteiger charge is -2.35. The predicted molar refractivity (Wildman–Crippen MR) is 242 cm³/mol. The molecule has 4 rings (SSSR count). The second-order valence-corrected chi connectivity index (χ2v) is 17.4. The number of nitrogens with one attached hydrogen (secondary N) is 4. The molecule has 4 amide bonds. The van der Waals surface area contributed by atoms with E-state index in [1.807, 2.05) is 0 Å². The fourth-order valence-electron chi connectivity index (χ4n) is 8.47. The van der Waals surface area contributed by atoms with Gasteiger partial charge >= 0.3 is 23.9 Å². The van der Waals surface area contributed by atoms with E-state index in [1.165, 1.54) is 12.4 Å². The molecular weight excluding hydrogens is 873 g/mol. The SMILES string of the molecule is C[C@@H](C(=O)NCC(=O)NCCC#Cc1cncc([C@H](CC(=O)O)NC(=O)[C@@H]2CCCN(C(=O)CCC3CCNCC3)C2)c1)N1CCN(CC(=O)O)CCN(CC(=O)O)CCN(CC(=O)O)CC1. The average molecular weight is 941 g/mol. The number of hydrogen-bond donors (Lipinski definition) is 8. The van der Waals surface area contributed by atoms with Gasteiger partial charge in [-0.3, -0.25) is 62.9 Å². The number of aromatic nitrogens is 1. The minimum atomic E-state index is -1.11. The van der Waals surface area contributed by atoms with E-state index in [0.29, 0.717) is 42.9 Å². The highest BCUT2D eigenvalue weighted by Crippen LogP contribution is 2.24. The number of rotatable bonds is 20. The number of carboxylic acid groups (broad SMARTS) is 4. The maximum atomic E-state index is 13.5. The molecule has 0 unspecified atom stereocenters. The number of amides is 4. The topological polar surface area (TPSA) is 295 Å². The van der Waals surface area contributed by atoms with E-state index in [4.69, 9.17) is 0 Å². The molecule has 0 aliphatic carbocycles. The number of pyridine rings is 1. The lowest BCUT2D eigenvalue weighted by molar-refractivity contribution is -0.140. The van der Waals surface area contributed by atoms with Crippen LogP contribution in [0.3, 0.4) is 0 Å². The number of nitrogens with zero attached hydrogens (tertiary/aromatic N) is 6. The first-order valence-electron chi connectivity index (χ1n) is 23.1. The molecule has 4 heterocycles. The number of piperidine rings is 2. The highest BCUT2D eigenvalue weighted by molar-refractivity contribution is 5.87. The normalized spacial score (nSPS) is 19.5. The monoisotopic (exact) mass is 941 g/mol. The van der Waals surface area contributed by atoms with E-state index >= 15 is 0 Å². The Kier molecular flexibility index (Phi) is 22.9. The summed E-state index contributed by atoms with van der Waals surface area (Å²) < 4.78 is 0. The molecule has 0 radical (unpaired) electrons. The van der Waals surface area contributed by atoms with E-state index in [1.54, 1.807) is 37.5 Å². The van der Waals surface area contributed by atoms with Crippen LogP contribution in [0.25, 0.3) is 0 Å². The summed E-state index contributed by atoms with van der Waals surface area (Å²) in [6.45, 7) is 5.25. The van der Waals surface area contributed by atoms with Crippen LogP contribution in [0, 0.1) is 23.7 Å². The number of carbonyl (C=O) groups is 8. The highest BCUT2D eigenvalue weighted by atomic mass is 16.4. The molecule has 370 valence electrons. The van der Waals surface area contributed by atoms with Crippen LogP contribution in [0.4, 0.5) is 0 Å². The largest absolute Gasteiger partial charge is 0.481 e. The first kappa shape index (κ1) is 53.9. The summed E-state index contributed by atoms with van der Waals surface area (Å²) in [5.41, 5.74) is 0.927. The molecule has 1 aromatic rings. The van der Waals surface area contributed by atoms with Crippen molar-refractivity contribution in [1.82, 2.24) is 50.8 Å². The molecule has 3 saturated heterocycles. The Morgan fingerprint density at radius 3 is 1.96 bits per heavy atom. The Labute approximate surface area is 391 Å². The molecule has 0 spiro atoms. The molecule has 1 aromatic heterocycles. The zero-order valence-electron chi connectivity index (χ0n) is 38.5. The Bertz CT molecular complexity index is 1890. The van der Waals surface area contributed by atoms with Gasteiger partial charge in [0.1, 0.15) is 0 Å². The molecule has 22 heteroatoms. The van der Waals surface area contributed by atoms with Crippen molar-refractivity contribution in [1.29, 1.82) is 0 Å². The van der Waals surface area contributed by atoms with Gasteiger partial charge in [0.2, 0.25) is 23.6 Å². The van der Waals surface area contributed by atoms with Crippen LogP contribution in [0.1, 0.15) is 75.5 Å². The molecule has 0 saturated carbocycles. The van der Waals surface area contributed by atoms with Crippen molar-refractivity contribution in [2.45, 2.75) is 70.4 Å². The van der Waals surface area contributed by atoms with E-state index in [-0.39, 0.29) is 116 Å². The number of aliphatic carboxylic acids is 4. The molecule has 0 aromatic carbocycles. The first-order valence-corrected chi connectivity index (χ1v) is 23.1. The zero-order valence-corrected chi connectivity index (χ0v) is 38.5. The Morgan fingerprint density at radius 1 is 0.776 bits per heavy atom. The minimum absolute atomic E-state index is 0.0439. The van der Waals surface area contributed by atoms with Crippen LogP contribution in [0.5, 0.6) is 0 Å². The third-order valence-electron chi connectivity index (χ3n) is 12.3. The standard InChI is InChI=1S/C45H68N10O12/c1-32(54-21-19-52(30-42(62)63)17-15-51(29-41(60)61)16-18-53(20-22-54)31-43(64)65)44(66)49-27-38(56)48-11-3-2-5-34-23-36(26-47-25-34)37(24-40(58)59)50-45(67)35-6-4-14-55(28-35)39(57)8-7-33-9-12-46-13-10-33/h23,25-26,32-33,35,37,46H,3-4,6-22,24,27-31H2,1H3,(H,48,56)(H,49,66)(H,50,67)(H,58,59)(H,60,61)(H,62,63)(H,64,65)/t32-,35+,37-/m0/s1. The minimum Gasteiger partial charge on any atom is -0.481 e. The second kappa shape index (κ2) is 28.4. The fraction of sp³-hybridized carbons (Fsp3) is 0.667. The number of likely N-dealkylation sites (tertiary alicyclic amines) is 1. The lowest BCUT2D eigenvalue weighted by atomic mass is 9.92. The van der Waals surface area contributed by atoms with Crippen molar-refractivity contribution in [3.8, 4) is 11.8 Å². The Hall–Kier alpha value is -5.73. The van der Waals surface area contributed by atoms with Gasteiger partial charge in [0, 0.05) is 103 Å². The molecule has 8 N–H and O–H groups in total. The lowest BCUT2D eigenvalue weighted by Crippen LogP contribution is -2.53. The van der Waals surface area contributed by atoms with Gasteiger partial charge in [-0.05, 0) is 69.7 Å². The molecule has 3 atom stereocenters. The Balaban J connectivity index is 1.26. The molecule has 3 aliphatic heterocycles. The third-order valence-corrected chi connectivity index (χ3v) is 12.3. The molecule has 3 aliphatic rings. The van der Waals surface area contributed by atoms with Crippen LogP contribution in [-0.2, 0) is 38.4 Å². The van der Waals surface area contributed by atoms with E-state index in [2.05, 4.69) is 38.1 Å². The first-order chi connectivity index (χ1) is 32.1. The van der Waals surface area contributed by atoms with Crippen LogP contribution in [0.15, 0.2) is 18.5 Å². The summed E-state index contributed by atoms with van der Waals surface area (Å²) in [6.07, 6.45) is 7.48. The van der Waals surface area contributed by atoms with Crippen molar-refractivity contribution in [3.63, 3.8) is 0 Å². The van der Waals surface area contributed by atoms with Gasteiger partial charge in [0.25, 0.3) is 0 Å². The number of carbonyl (C=O) groups excluding carboxylic acids is 4. The van der Waals surface area contributed by atoms with Gasteiger partial charge in [-0.1, -0.05) is 11.8 Å². The molecule has 3 fully saturated rings. The highest BCUT2D eigenvalue weighted by Gasteiger charge is 2.31. The van der Waals surface area contributed by atoms with Crippen LogP contribution in [-0.4, -0.2) is 215 Å². The van der Waals surface area contributed by atoms with Crippen molar-refractivity contribution in [3.05, 3.63) is 29.6 Å². The van der Waals surface area contributed by atoms with Crippen molar-refractivity contribution in [2.75, 3.05) is 111 Å². The van der Waals surface area contributed by atoms with E-state index < -0.39 is 53.7 Å². The molecule has 0 bridgehead atoms. The van der Waals surface area contributed by atoms with Gasteiger partial charge in [0.15, 0.2) is 0 Å². The van der Waals surface area contributed by atoms with Gasteiger partial charge in [0.05, 0.1) is 50.6 Å². The fourth-order valence-corrected chi connectivity index (χ4v) is 8.47. The maximum absolute atomic E-state index is 13.5. The summed E-state index contributed by atoms with van der Waals surface area (Å²) in [7, 11) is 0. The van der Waals surface area contributed by atoms with Crippen molar-refractivity contribution in [2.24, 2.45) is 11.8 Å². The number of hydrogen-bond acceptors (Lipinski definition) is 14. The quantitative estimate of drug-likeness (QED) is 0.0549. The zero-order chi connectivity index (χ0) is 48.7. The maximum Gasteiger partial charge on any atom is 0.317 e. The van der Waals surface area contributed by atoms with Gasteiger partial charge in [-0.15, -0.1) is 0 Å². The molecule has 67 heavy (non-hydrogen) atoms. The van der Waals surface area contributed by atoms with Crippen LogP contribution < -0.4 is 21.3 Å². The molecule has 22 nitrogen and oxygen atoms in total.